The highest BCUT2D eigenvalue weighted by Crippen LogP contribution is 2.58. The van der Waals surface area contributed by atoms with Crippen LogP contribution in [0.1, 0.15) is 29.7 Å². The Labute approximate surface area is 225 Å². The van der Waals surface area contributed by atoms with Crippen LogP contribution in [-0.4, -0.2) is 9.97 Å². The number of aromatic nitrogens is 2. The molecule has 0 atom stereocenters. The van der Waals surface area contributed by atoms with E-state index >= 15 is 0 Å². The maximum absolute atomic E-state index is 13.3. The fourth-order valence-corrected chi connectivity index (χ4v) is 9.42. The molecular formula is C33H33N3OP+. The van der Waals surface area contributed by atoms with Gasteiger partial charge in [0, 0.05) is 5.56 Å². The molecule has 190 valence electrons. The van der Waals surface area contributed by atoms with Crippen LogP contribution in [0.4, 0.5) is 5.95 Å². The first-order valence-electron chi connectivity index (χ1n) is 13.1. The number of hydrogen-bond donors (Lipinski definition) is 2. The lowest BCUT2D eigenvalue weighted by atomic mass is 10.0. The van der Waals surface area contributed by atoms with Gasteiger partial charge < -0.3 is 5.73 Å². The molecule has 5 aromatic rings. The van der Waals surface area contributed by atoms with Crippen LogP contribution in [0, 0.1) is 0 Å². The monoisotopic (exact) mass is 518 g/mol. The fraction of sp³-hybridized carbons (Fsp3) is 0.152. The van der Waals surface area contributed by atoms with Crippen LogP contribution in [0.15, 0.2) is 126 Å². The normalized spacial score (nSPS) is 11.4. The first-order valence-corrected chi connectivity index (χ1v) is 15.1. The summed E-state index contributed by atoms with van der Waals surface area (Å²) in [4.78, 5) is 20.8. The molecule has 4 nitrogen and oxygen atoms in total. The molecule has 0 unspecified atom stereocenters. The number of aromatic amines is 1. The van der Waals surface area contributed by atoms with Crippen molar-refractivity contribution in [3.05, 3.63) is 149 Å². The number of anilines is 1. The number of aryl methyl sites for hydroxylation is 1. The van der Waals surface area contributed by atoms with Gasteiger partial charge in [0.15, 0.2) is 0 Å². The lowest BCUT2D eigenvalue weighted by Gasteiger charge is -2.28. The van der Waals surface area contributed by atoms with Gasteiger partial charge in [0.25, 0.3) is 5.56 Å². The van der Waals surface area contributed by atoms with Gasteiger partial charge in [-0.25, -0.2) is 4.98 Å². The first-order chi connectivity index (χ1) is 18.7. The number of nitrogen functional groups attached to an aromatic ring is 1. The van der Waals surface area contributed by atoms with E-state index in [4.69, 9.17) is 10.7 Å². The summed E-state index contributed by atoms with van der Waals surface area (Å²) < 4.78 is 0. The molecule has 0 aliphatic heterocycles. The Bertz CT molecular complexity index is 1410. The Morgan fingerprint density at radius 1 is 0.632 bits per heavy atom. The van der Waals surface area contributed by atoms with Gasteiger partial charge in [-0.15, -0.1) is 0 Å². The zero-order chi connectivity index (χ0) is 26.2. The first kappa shape index (κ1) is 25.6. The number of hydrogen-bond acceptors (Lipinski definition) is 3. The second-order valence-corrected chi connectivity index (χ2v) is 13.0. The largest absolute Gasteiger partial charge is 0.369 e. The van der Waals surface area contributed by atoms with Crippen LogP contribution < -0.4 is 27.2 Å². The summed E-state index contributed by atoms with van der Waals surface area (Å²) in [6.07, 6.45) is 4.20. The molecule has 0 saturated carbocycles. The molecule has 5 heteroatoms. The summed E-state index contributed by atoms with van der Waals surface area (Å²) >= 11 is 0. The van der Waals surface area contributed by atoms with E-state index in [1.165, 1.54) is 21.5 Å². The highest BCUT2D eigenvalue weighted by molar-refractivity contribution is 7.95. The number of nitrogens with two attached hydrogens (primary N) is 1. The van der Waals surface area contributed by atoms with Gasteiger partial charge in [0.05, 0.1) is 5.69 Å². The van der Waals surface area contributed by atoms with Crippen LogP contribution in [-0.2, 0) is 19.0 Å². The Kier molecular flexibility index (Phi) is 8.11. The van der Waals surface area contributed by atoms with Crippen molar-refractivity contribution >= 4 is 29.1 Å². The van der Waals surface area contributed by atoms with E-state index in [0.717, 1.165) is 30.5 Å². The molecule has 5 rings (SSSR count). The highest BCUT2D eigenvalue weighted by atomic mass is 31.2. The quantitative estimate of drug-likeness (QED) is 0.192. The van der Waals surface area contributed by atoms with Gasteiger partial charge in [-0.2, -0.15) is 0 Å². The van der Waals surface area contributed by atoms with Gasteiger partial charge in [0.2, 0.25) is 5.95 Å². The smallest absolute Gasteiger partial charge is 0.255 e. The topological polar surface area (TPSA) is 71.8 Å². The van der Waals surface area contributed by atoms with E-state index in [1.54, 1.807) is 0 Å². The summed E-state index contributed by atoms with van der Waals surface area (Å²) in [6, 6.07) is 42.5. The Hall–Kier alpha value is -4.01. The second-order valence-electron chi connectivity index (χ2n) is 9.54. The standard InChI is InChI=1S/C33H32N3OP/c34-33-35-31(30(32(37)36-33)24-14-13-17-26-15-5-1-6-16-26)25-38(27-18-7-2-8-19-27,28-20-9-3-10-21-28)29-22-11-4-12-23-29/h1-12,15-16,18-23H,13-14,17,24-25H2,(H2-,34,35,36,37)/p+1. The SMILES string of the molecule is Nc1nc(C[P+](c2ccccc2)(c2ccccc2)c2ccccc2)c(CCCCc2ccccc2)c(=O)[nH]1. The molecule has 4 aromatic carbocycles. The Balaban J connectivity index is 1.57. The van der Waals surface area contributed by atoms with Gasteiger partial charge in [-0.05, 0) is 67.6 Å². The van der Waals surface area contributed by atoms with Crippen molar-refractivity contribution in [3.8, 4) is 0 Å². The van der Waals surface area contributed by atoms with E-state index in [-0.39, 0.29) is 11.5 Å². The number of unbranched alkanes of at least 4 members (excludes halogenated alkanes) is 1. The van der Waals surface area contributed by atoms with Crippen molar-refractivity contribution < 1.29 is 0 Å². The average molecular weight is 519 g/mol. The van der Waals surface area contributed by atoms with Crippen molar-refractivity contribution in [2.75, 3.05) is 5.73 Å². The molecule has 0 bridgehead atoms. The van der Waals surface area contributed by atoms with Crippen LogP contribution in [0.2, 0.25) is 0 Å². The third-order valence-electron chi connectivity index (χ3n) is 7.08. The molecule has 1 heterocycles. The summed E-state index contributed by atoms with van der Waals surface area (Å²) in [5.74, 6) is 0.172. The zero-order valence-corrected chi connectivity index (χ0v) is 22.4. The van der Waals surface area contributed by atoms with E-state index in [9.17, 15) is 4.79 Å². The maximum Gasteiger partial charge on any atom is 0.255 e. The summed E-state index contributed by atoms with van der Waals surface area (Å²) in [7, 11) is -2.20. The van der Waals surface area contributed by atoms with E-state index in [2.05, 4.69) is 120 Å². The van der Waals surface area contributed by atoms with Crippen LogP contribution in [0.5, 0.6) is 0 Å². The van der Waals surface area contributed by atoms with E-state index in [0.29, 0.717) is 12.6 Å². The molecular weight excluding hydrogens is 485 g/mol. The molecule has 38 heavy (non-hydrogen) atoms. The number of rotatable bonds is 10. The lowest BCUT2D eigenvalue weighted by molar-refractivity contribution is 0.722. The van der Waals surface area contributed by atoms with Crippen molar-refractivity contribution in [2.45, 2.75) is 31.8 Å². The number of H-pyrrole nitrogens is 1. The fourth-order valence-electron chi connectivity index (χ4n) is 5.22. The van der Waals surface area contributed by atoms with Crippen molar-refractivity contribution in [1.29, 1.82) is 0 Å². The van der Waals surface area contributed by atoms with Crippen LogP contribution >= 0.6 is 7.26 Å². The number of benzene rings is 4. The predicted octanol–water partition coefficient (Wildman–Crippen LogP) is 5.41. The highest BCUT2D eigenvalue weighted by Gasteiger charge is 2.46. The Morgan fingerprint density at radius 2 is 1.08 bits per heavy atom. The molecule has 1 aromatic heterocycles. The summed E-state index contributed by atoms with van der Waals surface area (Å²) in [5.41, 5.74) is 8.88. The molecule has 0 aliphatic carbocycles. The molecule has 0 radical (unpaired) electrons. The summed E-state index contributed by atoms with van der Waals surface area (Å²) in [6.45, 7) is 0. The Morgan fingerprint density at radius 3 is 1.58 bits per heavy atom. The third kappa shape index (κ3) is 5.61. The minimum atomic E-state index is -2.20. The van der Waals surface area contributed by atoms with E-state index < -0.39 is 7.26 Å². The molecule has 0 fully saturated rings. The molecule has 0 aliphatic rings. The average Bonchev–Trinajstić information content (AvgIpc) is 2.97. The zero-order valence-electron chi connectivity index (χ0n) is 21.5. The van der Waals surface area contributed by atoms with Gasteiger partial charge >= 0.3 is 0 Å². The minimum Gasteiger partial charge on any atom is -0.369 e. The lowest BCUT2D eigenvalue weighted by Crippen LogP contribution is -2.33. The van der Waals surface area contributed by atoms with Gasteiger partial charge in [-0.1, -0.05) is 84.9 Å². The number of nitrogens with one attached hydrogen (secondary N) is 1. The van der Waals surface area contributed by atoms with Crippen LogP contribution in [0.3, 0.4) is 0 Å². The van der Waals surface area contributed by atoms with Gasteiger partial charge in [-0.3, -0.25) is 9.78 Å². The van der Waals surface area contributed by atoms with Crippen molar-refractivity contribution in [2.24, 2.45) is 0 Å². The molecule has 0 saturated heterocycles. The van der Waals surface area contributed by atoms with E-state index in [1.807, 2.05) is 6.07 Å². The van der Waals surface area contributed by atoms with Gasteiger partial charge in [0.1, 0.15) is 29.3 Å². The molecule has 0 spiro atoms. The molecule has 0 amide bonds. The predicted molar refractivity (Wildman–Crippen MR) is 161 cm³/mol. The third-order valence-corrected chi connectivity index (χ3v) is 11.4. The minimum absolute atomic E-state index is 0.125. The molecule has 3 N–H and O–H groups in total. The summed E-state index contributed by atoms with van der Waals surface area (Å²) in [5, 5.41) is 3.77. The van der Waals surface area contributed by atoms with Crippen molar-refractivity contribution in [1.82, 2.24) is 9.97 Å². The second kappa shape index (κ2) is 12.0. The van der Waals surface area contributed by atoms with Crippen molar-refractivity contribution in [3.63, 3.8) is 0 Å². The maximum atomic E-state index is 13.3. The van der Waals surface area contributed by atoms with Crippen LogP contribution in [0.25, 0.3) is 0 Å². The number of nitrogens with zero attached hydrogens (tertiary/aromatic N) is 1.